The third-order valence-corrected chi connectivity index (χ3v) is 5.49. The zero-order chi connectivity index (χ0) is 18.3. The Morgan fingerprint density at radius 1 is 1.19 bits per heavy atom. The van der Waals surface area contributed by atoms with Crippen molar-refractivity contribution in [1.29, 1.82) is 0 Å². The first kappa shape index (κ1) is 16.8. The predicted octanol–water partition coefficient (Wildman–Crippen LogP) is 3.86. The molecule has 0 saturated carbocycles. The first-order valence-electron chi connectivity index (χ1n) is 8.74. The summed E-state index contributed by atoms with van der Waals surface area (Å²) in [6.45, 7) is 6.85. The van der Waals surface area contributed by atoms with Crippen molar-refractivity contribution in [2.24, 2.45) is 0 Å². The summed E-state index contributed by atoms with van der Waals surface area (Å²) in [4.78, 5) is 18.4. The normalized spacial score (nSPS) is 12.3. The van der Waals surface area contributed by atoms with Gasteiger partial charge in [-0.05, 0) is 55.7 Å². The van der Waals surface area contributed by atoms with Crippen molar-refractivity contribution in [3.8, 4) is 5.75 Å². The lowest BCUT2D eigenvalue weighted by atomic mass is 10.1. The minimum atomic E-state index is -0.0268. The van der Waals surface area contributed by atoms with Crippen LogP contribution < -0.4 is 14.8 Å². The molecule has 0 aliphatic rings. The molecule has 0 N–H and O–H groups in total. The van der Waals surface area contributed by atoms with E-state index in [1.165, 1.54) is 16.9 Å². The fourth-order valence-electron chi connectivity index (χ4n) is 3.00. The van der Waals surface area contributed by atoms with Crippen LogP contribution in [0.1, 0.15) is 30.0 Å². The molecule has 0 aliphatic heterocycles. The van der Waals surface area contributed by atoms with Gasteiger partial charge in [-0.3, -0.25) is 4.79 Å². The summed E-state index contributed by atoms with van der Waals surface area (Å²) < 4.78 is 8.18. The van der Waals surface area contributed by atoms with Crippen LogP contribution in [0, 0.1) is 13.8 Å². The van der Waals surface area contributed by atoms with Gasteiger partial charge in [0.1, 0.15) is 5.75 Å². The Hall–Kier alpha value is -2.66. The molecule has 0 saturated heterocycles. The average molecular weight is 364 g/mol. The fourth-order valence-corrected chi connectivity index (χ4v) is 3.98. The van der Waals surface area contributed by atoms with E-state index in [0.29, 0.717) is 11.1 Å². The molecule has 0 amide bonds. The van der Waals surface area contributed by atoms with Crippen LogP contribution in [0.25, 0.3) is 22.1 Å². The number of aryl methyl sites for hydroxylation is 2. The summed E-state index contributed by atoms with van der Waals surface area (Å²) >= 11 is 1.42. The Morgan fingerprint density at radius 3 is 2.77 bits per heavy atom. The van der Waals surface area contributed by atoms with Crippen molar-refractivity contribution >= 4 is 33.4 Å². The molecule has 0 radical (unpaired) electrons. The van der Waals surface area contributed by atoms with Crippen molar-refractivity contribution in [1.82, 2.24) is 9.38 Å². The molecule has 0 bridgehead atoms. The summed E-state index contributed by atoms with van der Waals surface area (Å²) in [5, 5.41) is 0. The molecule has 4 rings (SSSR count). The highest BCUT2D eigenvalue weighted by Gasteiger charge is 2.12. The van der Waals surface area contributed by atoms with Crippen molar-refractivity contribution < 1.29 is 4.74 Å². The Morgan fingerprint density at radius 2 is 1.96 bits per heavy atom. The van der Waals surface area contributed by atoms with Crippen molar-refractivity contribution in [3.63, 3.8) is 0 Å². The number of nitrogens with zero attached hydrogens (tertiary/aromatic N) is 2. The van der Waals surface area contributed by atoms with Gasteiger partial charge in [-0.2, -0.15) is 0 Å². The van der Waals surface area contributed by atoms with E-state index < -0.39 is 0 Å². The van der Waals surface area contributed by atoms with Crippen LogP contribution in [0.15, 0.2) is 41.2 Å². The highest BCUT2D eigenvalue weighted by molar-refractivity contribution is 7.15. The summed E-state index contributed by atoms with van der Waals surface area (Å²) in [5.74, 6) is 0.802. The quantitative estimate of drug-likeness (QED) is 0.552. The zero-order valence-electron chi connectivity index (χ0n) is 15.1. The molecule has 0 aliphatic carbocycles. The van der Waals surface area contributed by atoms with E-state index in [-0.39, 0.29) is 5.56 Å². The monoisotopic (exact) mass is 364 g/mol. The van der Waals surface area contributed by atoms with Crippen LogP contribution in [0.3, 0.4) is 0 Å². The van der Waals surface area contributed by atoms with E-state index in [1.807, 2.05) is 42.5 Å². The van der Waals surface area contributed by atoms with Crippen LogP contribution in [-0.2, 0) is 0 Å². The molecule has 0 fully saturated rings. The number of rotatable bonds is 4. The third kappa shape index (κ3) is 2.78. The van der Waals surface area contributed by atoms with Crippen LogP contribution in [0.2, 0.25) is 0 Å². The number of ether oxygens (including phenoxy) is 1. The second-order valence-electron chi connectivity index (χ2n) is 6.46. The van der Waals surface area contributed by atoms with Crippen LogP contribution in [0.4, 0.5) is 0 Å². The van der Waals surface area contributed by atoms with E-state index in [1.54, 1.807) is 4.40 Å². The van der Waals surface area contributed by atoms with Gasteiger partial charge in [0, 0.05) is 5.56 Å². The van der Waals surface area contributed by atoms with Gasteiger partial charge in [0.25, 0.3) is 5.56 Å². The Labute approximate surface area is 155 Å². The molecule has 2 aromatic heterocycles. The SMILES string of the molecule is CCCOc1ccccc1/C=c1\sc2nc3cc(C)c(C)cc3n2c1=O. The highest BCUT2D eigenvalue weighted by atomic mass is 32.1. The summed E-state index contributed by atoms with van der Waals surface area (Å²) in [6, 6.07) is 11.9. The topological polar surface area (TPSA) is 43.6 Å². The molecule has 2 heterocycles. The number of fused-ring (bicyclic) bond motifs is 3. The van der Waals surface area contributed by atoms with Gasteiger partial charge in [0.15, 0.2) is 4.96 Å². The molecule has 5 heteroatoms. The number of aromatic nitrogens is 2. The summed E-state index contributed by atoms with van der Waals surface area (Å²) in [5.41, 5.74) is 4.98. The standard InChI is InChI=1S/C21H20N2O2S/c1-4-9-25-18-8-6-5-7-15(18)12-19-20(24)23-17-11-14(3)13(2)10-16(17)22-21(23)26-19/h5-8,10-12H,4,9H2,1-3H3/b19-12-. The van der Waals surface area contributed by atoms with E-state index >= 15 is 0 Å². The number of thiazole rings is 1. The maximum absolute atomic E-state index is 13.0. The Balaban J connectivity index is 1.91. The number of imidazole rings is 1. The second-order valence-corrected chi connectivity index (χ2v) is 7.47. The molecular weight excluding hydrogens is 344 g/mol. The molecule has 4 aromatic rings. The number of benzene rings is 2. The van der Waals surface area contributed by atoms with E-state index in [2.05, 4.69) is 25.8 Å². The Kier molecular flexibility index (Phi) is 4.24. The van der Waals surface area contributed by atoms with Crippen LogP contribution in [-0.4, -0.2) is 16.0 Å². The largest absolute Gasteiger partial charge is 0.493 e. The van der Waals surface area contributed by atoms with Gasteiger partial charge >= 0.3 is 0 Å². The molecule has 0 spiro atoms. The molecule has 2 aromatic carbocycles. The minimum absolute atomic E-state index is 0.0268. The van der Waals surface area contributed by atoms with Gasteiger partial charge < -0.3 is 4.74 Å². The van der Waals surface area contributed by atoms with Gasteiger partial charge in [0.2, 0.25) is 0 Å². The lowest BCUT2D eigenvalue weighted by Crippen LogP contribution is -2.22. The predicted molar refractivity (Wildman–Crippen MR) is 107 cm³/mol. The van der Waals surface area contributed by atoms with Gasteiger partial charge in [-0.25, -0.2) is 9.38 Å². The van der Waals surface area contributed by atoms with Crippen molar-refractivity contribution in [2.75, 3.05) is 6.61 Å². The van der Waals surface area contributed by atoms with Gasteiger partial charge in [-0.15, -0.1) is 0 Å². The molecular formula is C21H20N2O2S. The van der Waals surface area contributed by atoms with E-state index in [9.17, 15) is 4.79 Å². The van der Waals surface area contributed by atoms with Crippen LogP contribution >= 0.6 is 11.3 Å². The lowest BCUT2D eigenvalue weighted by Gasteiger charge is -2.07. The maximum Gasteiger partial charge on any atom is 0.274 e. The Bertz CT molecular complexity index is 1220. The maximum atomic E-state index is 13.0. The fraction of sp³-hybridized carbons (Fsp3) is 0.238. The average Bonchev–Trinajstić information content (AvgIpc) is 3.11. The molecule has 0 unspecified atom stereocenters. The molecule has 4 nitrogen and oxygen atoms in total. The third-order valence-electron chi connectivity index (χ3n) is 4.52. The molecule has 132 valence electrons. The summed E-state index contributed by atoms with van der Waals surface area (Å²) in [7, 11) is 0. The van der Waals surface area contributed by atoms with Gasteiger partial charge in [0.05, 0.1) is 22.2 Å². The van der Waals surface area contributed by atoms with Gasteiger partial charge in [-0.1, -0.05) is 36.5 Å². The number of para-hydroxylation sites is 1. The summed E-state index contributed by atoms with van der Waals surface area (Å²) in [6.07, 6.45) is 2.85. The molecule has 26 heavy (non-hydrogen) atoms. The highest BCUT2D eigenvalue weighted by Crippen LogP contribution is 2.22. The van der Waals surface area contributed by atoms with Crippen LogP contribution in [0.5, 0.6) is 5.75 Å². The van der Waals surface area contributed by atoms with E-state index in [0.717, 1.165) is 39.3 Å². The first-order valence-corrected chi connectivity index (χ1v) is 9.56. The van der Waals surface area contributed by atoms with Crippen molar-refractivity contribution in [2.45, 2.75) is 27.2 Å². The van der Waals surface area contributed by atoms with E-state index in [4.69, 9.17) is 4.74 Å². The zero-order valence-corrected chi connectivity index (χ0v) is 15.9. The second kappa shape index (κ2) is 6.57. The van der Waals surface area contributed by atoms with Crippen molar-refractivity contribution in [3.05, 3.63) is 68.0 Å². The minimum Gasteiger partial charge on any atom is -0.493 e. The molecule has 0 atom stereocenters. The number of hydrogen-bond acceptors (Lipinski definition) is 4. The number of hydrogen-bond donors (Lipinski definition) is 0. The smallest absolute Gasteiger partial charge is 0.274 e. The first-order chi connectivity index (χ1) is 12.6. The lowest BCUT2D eigenvalue weighted by molar-refractivity contribution is 0.317.